The lowest BCUT2D eigenvalue weighted by Gasteiger charge is -2.10. The Labute approximate surface area is 85.7 Å². The van der Waals surface area contributed by atoms with Crippen LogP contribution in [0.25, 0.3) is 0 Å². The highest BCUT2D eigenvalue weighted by Gasteiger charge is 2.09. The highest BCUT2D eigenvalue weighted by molar-refractivity contribution is 9.10. The quantitative estimate of drug-likeness (QED) is 0.884. The molecule has 1 heterocycles. The van der Waals surface area contributed by atoms with E-state index in [4.69, 9.17) is 10.5 Å². The molecule has 1 unspecified atom stereocenters. The van der Waals surface area contributed by atoms with Gasteiger partial charge in [-0.2, -0.15) is 0 Å². The third kappa shape index (κ3) is 2.63. The van der Waals surface area contributed by atoms with Gasteiger partial charge in [0.05, 0.1) is 4.47 Å². The second-order valence-corrected chi connectivity index (χ2v) is 3.41. The maximum absolute atomic E-state index is 5.60. The Hall–Kier alpha value is -0.680. The zero-order valence-electron chi connectivity index (χ0n) is 7.62. The molecule has 0 aliphatic carbocycles. The lowest BCUT2D eigenvalue weighted by molar-refractivity contribution is 0.0701. The smallest absolute Gasteiger partial charge is 0.159 e. The molecule has 0 aliphatic rings. The summed E-state index contributed by atoms with van der Waals surface area (Å²) in [5.74, 6) is 1.05. The summed E-state index contributed by atoms with van der Waals surface area (Å²) in [4.78, 5) is 8.18. The third-order valence-corrected chi connectivity index (χ3v) is 2.18. The van der Waals surface area contributed by atoms with Crippen LogP contribution in [0.3, 0.4) is 0 Å². The molecule has 0 aliphatic heterocycles. The van der Waals surface area contributed by atoms with Gasteiger partial charge in [0.15, 0.2) is 5.82 Å². The first-order chi connectivity index (χ1) is 6.15. The molecule has 0 saturated heterocycles. The van der Waals surface area contributed by atoms with E-state index >= 15 is 0 Å². The molecular weight excluding hydrogens is 234 g/mol. The van der Waals surface area contributed by atoms with Gasteiger partial charge >= 0.3 is 0 Å². The van der Waals surface area contributed by atoms with Crippen LogP contribution in [0.5, 0.6) is 0 Å². The van der Waals surface area contributed by atoms with Gasteiger partial charge in [0.1, 0.15) is 11.9 Å². The van der Waals surface area contributed by atoms with Crippen molar-refractivity contribution in [1.29, 1.82) is 0 Å². The third-order valence-electron chi connectivity index (χ3n) is 1.57. The molecule has 13 heavy (non-hydrogen) atoms. The van der Waals surface area contributed by atoms with Crippen LogP contribution in [-0.4, -0.2) is 16.6 Å². The average molecular weight is 246 g/mol. The second kappa shape index (κ2) is 4.53. The predicted octanol–water partition coefficient (Wildman–Crippen LogP) is 1.92. The van der Waals surface area contributed by atoms with E-state index in [1.54, 1.807) is 6.20 Å². The summed E-state index contributed by atoms with van der Waals surface area (Å²) in [6, 6.07) is 0. The van der Waals surface area contributed by atoms with Crippen LogP contribution in [0.1, 0.15) is 25.8 Å². The molecule has 0 spiro atoms. The van der Waals surface area contributed by atoms with Crippen molar-refractivity contribution in [3.8, 4) is 0 Å². The summed E-state index contributed by atoms with van der Waals surface area (Å²) in [6.07, 6.45) is 1.52. The molecule has 2 N–H and O–H groups in total. The average Bonchev–Trinajstić information content (AvgIpc) is 2.10. The van der Waals surface area contributed by atoms with Gasteiger partial charge in [-0.25, -0.2) is 9.97 Å². The molecule has 4 nitrogen and oxygen atoms in total. The summed E-state index contributed by atoms with van der Waals surface area (Å²) in [7, 11) is 0. The number of aromatic nitrogens is 2. The fraction of sp³-hybridized carbons (Fsp3) is 0.500. The van der Waals surface area contributed by atoms with Crippen molar-refractivity contribution >= 4 is 21.7 Å². The summed E-state index contributed by atoms with van der Waals surface area (Å²) in [5.41, 5.74) is 5.60. The zero-order valence-corrected chi connectivity index (χ0v) is 9.21. The van der Waals surface area contributed by atoms with Crippen molar-refractivity contribution in [3.63, 3.8) is 0 Å². The van der Waals surface area contributed by atoms with E-state index in [1.165, 1.54) is 0 Å². The Morgan fingerprint density at radius 1 is 1.69 bits per heavy atom. The monoisotopic (exact) mass is 245 g/mol. The van der Waals surface area contributed by atoms with E-state index in [1.807, 2.05) is 13.8 Å². The standard InChI is InChI=1S/C8H12BrN3O/c1-3-13-5(2)8-11-4-6(9)7(10)12-8/h4-5H,3H2,1-2H3,(H2,10,11,12). The number of anilines is 1. The Balaban J connectivity index is 2.84. The number of halogens is 1. The van der Waals surface area contributed by atoms with Crippen LogP contribution in [-0.2, 0) is 4.74 Å². The molecule has 5 heteroatoms. The molecule has 0 amide bonds. The number of ether oxygens (including phenoxy) is 1. The van der Waals surface area contributed by atoms with Crippen LogP contribution in [0.15, 0.2) is 10.7 Å². The van der Waals surface area contributed by atoms with E-state index in [0.717, 1.165) is 0 Å². The van der Waals surface area contributed by atoms with E-state index in [9.17, 15) is 0 Å². The van der Waals surface area contributed by atoms with Crippen molar-refractivity contribution in [2.24, 2.45) is 0 Å². The Morgan fingerprint density at radius 2 is 2.38 bits per heavy atom. The number of nitrogen functional groups attached to an aromatic ring is 1. The molecular formula is C8H12BrN3O. The van der Waals surface area contributed by atoms with Crippen LogP contribution < -0.4 is 5.73 Å². The number of hydrogen-bond donors (Lipinski definition) is 1. The number of nitrogens with two attached hydrogens (primary N) is 1. The molecule has 1 aromatic rings. The largest absolute Gasteiger partial charge is 0.383 e. The first-order valence-corrected chi connectivity index (χ1v) is 4.84. The van der Waals surface area contributed by atoms with Gasteiger partial charge in [-0.1, -0.05) is 0 Å². The lowest BCUT2D eigenvalue weighted by Crippen LogP contribution is -2.06. The summed E-state index contributed by atoms with van der Waals surface area (Å²) in [6.45, 7) is 4.46. The number of hydrogen-bond acceptors (Lipinski definition) is 4. The molecule has 0 fully saturated rings. The summed E-state index contributed by atoms with van der Waals surface area (Å²) in [5, 5.41) is 0. The Bertz CT molecular complexity index is 293. The van der Waals surface area contributed by atoms with Crippen molar-refractivity contribution in [1.82, 2.24) is 9.97 Å². The Kier molecular flexibility index (Phi) is 3.62. The van der Waals surface area contributed by atoms with Crippen molar-refractivity contribution in [2.45, 2.75) is 20.0 Å². The van der Waals surface area contributed by atoms with Crippen LogP contribution >= 0.6 is 15.9 Å². The lowest BCUT2D eigenvalue weighted by atomic mass is 10.3. The van der Waals surface area contributed by atoms with Gasteiger partial charge in [-0.05, 0) is 29.8 Å². The SMILES string of the molecule is CCOC(C)c1ncc(Br)c(N)n1. The van der Waals surface area contributed by atoms with Crippen LogP contribution in [0.2, 0.25) is 0 Å². The van der Waals surface area contributed by atoms with Crippen LogP contribution in [0.4, 0.5) is 5.82 Å². The van der Waals surface area contributed by atoms with E-state index in [-0.39, 0.29) is 6.10 Å². The van der Waals surface area contributed by atoms with E-state index < -0.39 is 0 Å². The highest BCUT2D eigenvalue weighted by atomic mass is 79.9. The second-order valence-electron chi connectivity index (χ2n) is 2.56. The first-order valence-electron chi connectivity index (χ1n) is 4.04. The van der Waals surface area contributed by atoms with Gasteiger partial charge in [-0.15, -0.1) is 0 Å². The molecule has 0 aromatic carbocycles. The number of nitrogens with zero attached hydrogens (tertiary/aromatic N) is 2. The number of rotatable bonds is 3. The van der Waals surface area contributed by atoms with E-state index in [2.05, 4.69) is 25.9 Å². The maximum Gasteiger partial charge on any atom is 0.159 e. The highest BCUT2D eigenvalue weighted by Crippen LogP contribution is 2.18. The zero-order chi connectivity index (χ0) is 9.84. The van der Waals surface area contributed by atoms with Crippen LogP contribution in [0, 0.1) is 0 Å². The first kappa shape index (κ1) is 10.4. The molecule has 72 valence electrons. The Morgan fingerprint density at radius 3 is 2.92 bits per heavy atom. The minimum atomic E-state index is -0.111. The van der Waals surface area contributed by atoms with Gasteiger partial charge in [-0.3, -0.25) is 0 Å². The van der Waals surface area contributed by atoms with Gasteiger partial charge in [0, 0.05) is 12.8 Å². The predicted molar refractivity (Wildman–Crippen MR) is 54.2 cm³/mol. The molecule has 0 radical (unpaired) electrons. The minimum absolute atomic E-state index is 0.111. The molecule has 0 bridgehead atoms. The van der Waals surface area contributed by atoms with Gasteiger partial charge in [0.25, 0.3) is 0 Å². The maximum atomic E-state index is 5.60. The minimum Gasteiger partial charge on any atom is -0.383 e. The molecule has 1 atom stereocenters. The summed E-state index contributed by atoms with van der Waals surface area (Å²) >= 11 is 3.23. The van der Waals surface area contributed by atoms with Crippen molar-refractivity contribution < 1.29 is 4.74 Å². The van der Waals surface area contributed by atoms with Gasteiger partial charge < -0.3 is 10.5 Å². The van der Waals surface area contributed by atoms with Gasteiger partial charge in [0.2, 0.25) is 0 Å². The molecule has 1 rings (SSSR count). The fourth-order valence-corrected chi connectivity index (χ4v) is 1.11. The summed E-state index contributed by atoms with van der Waals surface area (Å²) < 4.78 is 6.04. The molecule has 0 saturated carbocycles. The topological polar surface area (TPSA) is 61.0 Å². The van der Waals surface area contributed by atoms with E-state index in [0.29, 0.717) is 22.7 Å². The normalized spacial score (nSPS) is 12.8. The van der Waals surface area contributed by atoms with Crippen molar-refractivity contribution in [2.75, 3.05) is 12.3 Å². The fourth-order valence-electron chi connectivity index (χ4n) is 0.915. The molecule has 1 aromatic heterocycles. The van der Waals surface area contributed by atoms with Crippen molar-refractivity contribution in [3.05, 3.63) is 16.5 Å².